The summed E-state index contributed by atoms with van der Waals surface area (Å²) >= 11 is 0. The molecule has 0 bridgehead atoms. The van der Waals surface area contributed by atoms with E-state index in [4.69, 9.17) is 9.26 Å². The average Bonchev–Trinajstić information content (AvgIpc) is 2.87. The van der Waals surface area contributed by atoms with E-state index in [1.165, 1.54) is 6.33 Å². The van der Waals surface area contributed by atoms with Crippen molar-refractivity contribution in [2.24, 2.45) is 0 Å². The van der Waals surface area contributed by atoms with E-state index < -0.39 is 0 Å². The van der Waals surface area contributed by atoms with Gasteiger partial charge in [-0.05, 0) is 6.42 Å². The third-order valence-corrected chi connectivity index (χ3v) is 1.83. The molecule has 0 saturated carbocycles. The van der Waals surface area contributed by atoms with E-state index in [2.05, 4.69) is 25.3 Å². The van der Waals surface area contributed by atoms with Crippen molar-refractivity contribution in [3.63, 3.8) is 0 Å². The van der Waals surface area contributed by atoms with E-state index in [0.717, 1.165) is 6.42 Å². The van der Waals surface area contributed by atoms with Crippen LogP contribution in [0.25, 0.3) is 11.6 Å². The van der Waals surface area contributed by atoms with Crippen LogP contribution in [0.4, 0.5) is 0 Å². The van der Waals surface area contributed by atoms with Gasteiger partial charge in [-0.3, -0.25) is 5.10 Å². The van der Waals surface area contributed by atoms with E-state index in [1.54, 1.807) is 7.11 Å². The lowest BCUT2D eigenvalue weighted by Crippen LogP contribution is -1.92. The van der Waals surface area contributed by atoms with Crippen LogP contribution in [0, 0.1) is 0 Å². The largest absolute Gasteiger partial charge is 0.385 e. The zero-order valence-electron chi connectivity index (χ0n) is 8.30. The normalized spacial score (nSPS) is 10.7. The summed E-state index contributed by atoms with van der Waals surface area (Å²) in [7, 11) is 1.66. The predicted octanol–water partition coefficient (Wildman–Crippen LogP) is 0.434. The third kappa shape index (κ3) is 2.38. The molecule has 2 rings (SSSR count). The summed E-state index contributed by atoms with van der Waals surface area (Å²) in [6.07, 6.45) is 2.96. The molecule has 0 aliphatic heterocycles. The zero-order chi connectivity index (χ0) is 10.5. The van der Waals surface area contributed by atoms with Gasteiger partial charge in [-0.2, -0.15) is 10.1 Å². The van der Waals surface area contributed by atoms with Crippen molar-refractivity contribution >= 4 is 0 Å². The van der Waals surface area contributed by atoms with Crippen molar-refractivity contribution in [1.82, 2.24) is 25.3 Å². The van der Waals surface area contributed by atoms with Gasteiger partial charge in [0.25, 0.3) is 0 Å². The molecule has 2 heterocycles. The van der Waals surface area contributed by atoms with Crippen molar-refractivity contribution < 1.29 is 9.26 Å². The molecular formula is C8H11N5O2. The van der Waals surface area contributed by atoms with Crippen LogP contribution in [0.15, 0.2) is 10.9 Å². The average molecular weight is 209 g/mol. The molecule has 0 aliphatic carbocycles. The summed E-state index contributed by atoms with van der Waals surface area (Å²) in [5.41, 5.74) is 0. The molecule has 0 radical (unpaired) electrons. The number of aromatic nitrogens is 5. The molecule has 0 aliphatic rings. The van der Waals surface area contributed by atoms with Gasteiger partial charge < -0.3 is 9.26 Å². The van der Waals surface area contributed by atoms with Crippen molar-refractivity contribution in [1.29, 1.82) is 0 Å². The molecule has 7 heteroatoms. The molecule has 7 nitrogen and oxygen atoms in total. The van der Waals surface area contributed by atoms with Crippen LogP contribution in [0.5, 0.6) is 0 Å². The molecule has 1 N–H and O–H groups in total. The summed E-state index contributed by atoms with van der Waals surface area (Å²) in [5.74, 6) is 1.52. The number of nitrogens with zero attached hydrogens (tertiary/aromatic N) is 4. The molecule has 0 saturated heterocycles. The fourth-order valence-electron chi connectivity index (χ4n) is 1.13. The smallest absolute Gasteiger partial charge is 0.239 e. The van der Waals surface area contributed by atoms with Crippen LogP contribution < -0.4 is 0 Å². The molecule has 0 spiro atoms. The highest BCUT2D eigenvalue weighted by Crippen LogP contribution is 2.09. The fraction of sp³-hybridized carbons (Fsp3) is 0.500. The first-order valence-electron chi connectivity index (χ1n) is 4.57. The number of methoxy groups -OCH3 is 1. The van der Waals surface area contributed by atoms with Crippen LogP contribution in [-0.4, -0.2) is 39.0 Å². The van der Waals surface area contributed by atoms with Gasteiger partial charge in [-0.15, -0.1) is 0 Å². The summed E-state index contributed by atoms with van der Waals surface area (Å²) in [6, 6.07) is 0. The first-order valence-corrected chi connectivity index (χ1v) is 4.57. The maximum absolute atomic E-state index is 5.03. The van der Waals surface area contributed by atoms with E-state index in [1.807, 2.05) is 0 Å². The molecule has 0 unspecified atom stereocenters. The molecule has 0 atom stereocenters. The van der Waals surface area contributed by atoms with Crippen LogP contribution in [0.3, 0.4) is 0 Å². The quantitative estimate of drug-likeness (QED) is 0.718. The molecule has 0 fully saturated rings. The molecular weight excluding hydrogens is 198 g/mol. The number of nitrogens with one attached hydrogen (secondary N) is 1. The highest BCUT2D eigenvalue weighted by molar-refractivity contribution is 5.39. The van der Waals surface area contributed by atoms with Gasteiger partial charge in [0.1, 0.15) is 6.33 Å². The molecule has 15 heavy (non-hydrogen) atoms. The van der Waals surface area contributed by atoms with Crippen LogP contribution in [0.2, 0.25) is 0 Å². The Bertz CT molecular complexity index is 397. The van der Waals surface area contributed by atoms with E-state index >= 15 is 0 Å². The standard InChI is InChI=1S/C8H11N5O2/c1-14-4-2-3-6-11-8(13-15-6)7-9-5-10-12-7/h5H,2-4H2,1H3,(H,9,10,12). The van der Waals surface area contributed by atoms with Gasteiger partial charge in [0.15, 0.2) is 5.82 Å². The Morgan fingerprint density at radius 2 is 2.47 bits per heavy atom. The Balaban J connectivity index is 1.98. The topological polar surface area (TPSA) is 89.7 Å². The van der Waals surface area contributed by atoms with Gasteiger partial charge in [0, 0.05) is 20.1 Å². The first kappa shape index (κ1) is 9.78. The minimum absolute atomic E-state index is 0.430. The van der Waals surface area contributed by atoms with Gasteiger partial charge in [-0.25, -0.2) is 4.98 Å². The summed E-state index contributed by atoms with van der Waals surface area (Å²) in [5, 5.41) is 10.1. The Hall–Kier alpha value is -1.76. The second kappa shape index (κ2) is 4.65. The van der Waals surface area contributed by atoms with Gasteiger partial charge in [0.05, 0.1) is 0 Å². The van der Waals surface area contributed by atoms with Crippen LogP contribution in [-0.2, 0) is 11.2 Å². The Morgan fingerprint density at radius 1 is 1.53 bits per heavy atom. The van der Waals surface area contributed by atoms with Crippen molar-refractivity contribution in [2.45, 2.75) is 12.8 Å². The number of ether oxygens (including phenoxy) is 1. The Morgan fingerprint density at radius 3 is 3.20 bits per heavy atom. The summed E-state index contributed by atoms with van der Waals surface area (Å²) < 4.78 is 9.95. The van der Waals surface area contributed by atoms with Gasteiger partial charge in [-0.1, -0.05) is 5.16 Å². The second-order valence-electron chi connectivity index (χ2n) is 2.94. The monoisotopic (exact) mass is 209 g/mol. The molecule has 80 valence electrons. The van der Waals surface area contributed by atoms with Gasteiger partial charge >= 0.3 is 0 Å². The lowest BCUT2D eigenvalue weighted by Gasteiger charge is -1.92. The van der Waals surface area contributed by atoms with Crippen molar-refractivity contribution in [3.8, 4) is 11.6 Å². The number of hydrogen-bond donors (Lipinski definition) is 1. The fourth-order valence-corrected chi connectivity index (χ4v) is 1.13. The number of H-pyrrole nitrogens is 1. The van der Waals surface area contributed by atoms with Gasteiger partial charge in [0.2, 0.25) is 11.7 Å². The summed E-state index contributed by atoms with van der Waals surface area (Å²) in [6.45, 7) is 0.681. The van der Waals surface area contributed by atoms with Crippen LogP contribution in [0.1, 0.15) is 12.3 Å². The maximum atomic E-state index is 5.03. The minimum atomic E-state index is 0.430. The highest BCUT2D eigenvalue weighted by Gasteiger charge is 2.10. The minimum Gasteiger partial charge on any atom is -0.385 e. The van der Waals surface area contributed by atoms with E-state index in [9.17, 15) is 0 Å². The Labute approximate surface area is 85.9 Å². The van der Waals surface area contributed by atoms with E-state index in [-0.39, 0.29) is 0 Å². The molecule has 2 aromatic rings. The third-order valence-electron chi connectivity index (χ3n) is 1.83. The summed E-state index contributed by atoms with van der Waals surface area (Å²) in [4.78, 5) is 8.08. The highest BCUT2D eigenvalue weighted by atomic mass is 16.5. The lowest BCUT2D eigenvalue weighted by atomic mass is 10.3. The second-order valence-corrected chi connectivity index (χ2v) is 2.94. The number of hydrogen-bond acceptors (Lipinski definition) is 6. The van der Waals surface area contributed by atoms with Crippen molar-refractivity contribution in [3.05, 3.63) is 12.2 Å². The zero-order valence-corrected chi connectivity index (χ0v) is 8.30. The molecule has 0 aromatic carbocycles. The molecule has 2 aromatic heterocycles. The molecule has 0 amide bonds. The number of aryl methyl sites for hydroxylation is 1. The van der Waals surface area contributed by atoms with Crippen molar-refractivity contribution in [2.75, 3.05) is 13.7 Å². The number of rotatable bonds is 5. The van der Waals surface area contributed by atoms with Crippen LogP contribution >= 0.6 is 0 Å². The lowest BCUT2D eigenvalue weighted by molar-refractivity contribution is 0.192. The predicted molar refractivity (Wildman–Crippen MR) is 49.9 cm³/mol. The van der Waals surface area contributed by atoms with E-state index in [0.29, 0.717) is 30.6 Å². The Kier molecular flexibility index (Phi) is 3.03. The first-order chi connectivity index (χ1) is 7.40. The number of aromatic amines is 1. The maximum Gasteiger partial charge on any atom is 0.239 e. The SMILES string of the molecule is COCCCc1nc(-c2ncn[nH]2)no1.